The first-order valence-corrected chi connectivity index (χ1v) is 7.28. The van der Waals surface area contributed by atoms with Gasteiger partial charge in [0.05, 0.1) is 0 Å². The molecule has 0 atom stereocenters. The second-order valence-corrected chi connectivity index (χ2v) is 4.97. The van der Waals surface area contributed by atoms with Crippen LogP contribution in [0.5, 0.6) is 5.88 Å². The van der Waals surface area contributed by atoms with Crippen LogP contribution >= 0.6 is 0 Å². The Labute approximate surface area is 115 Å². The van der Waals surface area contributed by atoms with Crippen LogP contribution in [-0.4, -0.2) is 29.2 Å². The molecule has 0 unspecified atom stereocenters. The van der Waals surface area contributed by atoms with Crippen LogP contribution in [0, 0.1) is 0 Å². The first-order valence-electron chi connectivity index (χ1n) is 7.28. The molecular formula is C14H24N4O. The van der Waals surface area contributed by atoms with Crippen LogP contribution in [0.1, 0.15) is 46.0 Å². The Morgan fingerprint density at radius 2 is 1.89 bits per heavy atom. The molecule has 5 heteroatoms. The smallest absolute Gasteiger partial charge is 0.242 e. The monoisotopic (exact) mass is 264 g/mol. The molecule has 0 radical (unpaired) electrons. The molecule has 1 heterocycles. The van der Waals surface area contributed by atoms with E-state index in [1.54, 1.807) is 6.33 Å². The summed E-state index contributed by atoms with van der Waals surface area (Å²) in [5.74, 6) is 1.33. The number of ether oxygens (including phenoxy) is 1. The number of nitrogens with zero attached hydrogens (tertiary/aromatic N) is 3. The second kappa shape index (κ2) is 6.59. The van der Waals surface area contributed by atoms with E-state index in [1.165, 1.54) is 19.3 Å². The average Bonchev–Trinajstić information content (AvgIpc) is 2.45. The van der Waals surface area contributed by atoms with Crippen LogP contribution in [0.15, 0.2) is 6.33 Å². The largest absolute Gasteiger partial charge is 0.473 e. The minimum Gasteiger partial charge on any atom is -0.473 e. The van der Waals surface area contributed by atoms with E-state index in [4.69, 9.17) is 10.5 Å². The first kappa shape index (κ1) is 13.9. The van der Waals surface area contributed by atoms with Gasteiger partial charge in [-0.15, -0.1) is 0 Å². The van der Waals surface area contributed by atoms with Crippen molar-refractivity contribution in [2.24, 2.45) is 0 Å². The van der Waals surface area contributed by atoms with Gasteiger partial charge in [0.25, 0.3) is 0 Å². The maximum Gasteiger partial charge on any atom is 0.242 e. The summed E-state index contributed by atoms with van der Waals surface area (Å²) in [6, 6.07) is 0. The Bertz CT molecular complexity index is 400. The summed E-state index contributed by atoms with van der Waals surface area (Å²) >= 11 is 0. The molecule has 106 valence electrons. The molecule has 0 bridgehead atoms. The fourth-order valence-corrected chi connectivity index (χ4v) is 2.58. The third kappa shape index (κ3) is 3.28. The predicted octanol–water partition coefficient (Wildman–Crippen LogP) is 2.62. The van der Waals surface area contributed by atoms with E-state index in [9.17, 15) is 0 Å². The van der Waals surface area contributed by atoms with Gasteiger partial charge in [-0.3, -0.25) is 0 Å². The maximum absolute atomic E-state index is 6.16. The zero-order valence-electron chi connectivity index (χ0n) is 11.9. The van der Waals surface area contributed by atoms with E-state index in [1.807, 2.05) is 0 Å². The molecule has 0 amide bonds. The summed E-state index contributed by atoms with van der Waals surface area (Å²) in [5, 5.41) is 0. The van der Waals surface area contributed by atoms with Gasteiger partial charge >= 0.3 is 0 Å². The van der Waals surface area contributed by atoms with Crippen LogP contribution in [0.3, 0.4) is 0 Å². The lowest BCUT2D eigenvalue weighted by Crippen LogP contribution is -2.26. The minimum atomic E-state index is 0.260. The molecule has 1 aliphatic rings. The molecule has 19 heavy (non-hydrogen) atoms. The van der Waals surface area contributed by atoms with Gasteiger partial charge < -0.3 is 15.4 Å². The zero-order chi connectivity index (χ0) is 13.7. The van der Waals surface area contributed by atoms with Crippen molar-refractivity contribution < 1.29 is 4.74 Å². The minimum absolute atomic E-state index is 0.260. The van der Waals surface area contributed by atoms with Gasteiger partial charge in [-0.25, -0.2) is 4.98 Å². The van der Waals surface area contributed by atoms with Gasteiger partial charge in [-0.2, -0.15) is 4.98 Å². The van der Waals surface area contributed by atoms with Crippen molar-refractivity contribution in [3.63, 3.8) is 0 Å². The molecule has 2 N–H and O–H groups in total. The van der Waals surface area contributed by atoms with Crippen LogP contribution < -0.4 is 15.4 Å². The average molecular weight is 264 g/mol. The number of rotatable bonds is 5. The summed E-state index contributed by atoms with van der Waals surface area (Å²) in [7, 11) is 0. The van der Waals surface area contributed by atoms with Crippen LogP contribution in [0.25, 0.3) is 0 Å². The SMILES string of the molecule is CCN(CC)c1ncnc(OC2CCCCC2)c1N. The Kier molecular flexibility index (Phi) is 4.82. The summed E-state index contributed by atoms with van der Waals surface area (Å²) in [6.07, 6.45) is 7.78. The van der Waals surface area contributed by atoms with E-state index < -0.39 is 0 Å². The van der Waals surface area contributed by atoms with Crippen LogP contribution in [0.2, 0.25) is 0 Å². The molecule has 1 aromatic heterocycles. The number of hydrogen-bond acceptors (Lipinski definition) is 5. The lowest BCUT2D eigenvalue weighted by Gasteiger charge is -2.25. The Balaban J connectivity index is 2.14. The molecule has 0 spiro atoms. The number of aromatic nitrogens is 2. The molecule has 1 fully saturated rings. The molecule has 5 nitrogen and oxygen atoms in total. The Hall–Kier alpha value is -1.52. The van der Waals surface area contributed by atoms with Gasteiger partial charge in [0.15, 0.2) is 5.82 Å². The fourth-order valence-electron chi connectivity index (χ4n) is 2.58. The molecule has 0 aliphatic heterocycles. The van der Waals surface area contributed by atoms with E-state index in [-0.39, 0.29) is 6.10 Å². The zero-order valence-corrected chi connectivity index (χ0v) is 11.9. The molecule has 0 aromatic carbocycles. The van der Waals surface area contributed by atoms with Gasteiger partial charge in [0, 0.05) is 13.1 Å². The van der Waals surface area contributed by atoms with Crippen LogP contribution in [0.4, 0.5) is 11.5 Å². The predicted molar refractivity (Wildman–Crippen MR) is 77.5 cm³/mol. The van der Waals surface area contributed by atoms with E-state index in [0.29, 0.717) is 11.6 Å². The first-order chi connectivity index (χ1) is 9.26. The lowest BCUT2D eigenvalue weighted by atomic mass is 9.98. The van der Waals surface area contributed by atoms with Crippen molar-refractivity contribution in [1.29, 1.82) is 0 Å². The Morgan fingerprint density at radius 3 is 2.53 bits per heavy atom. The fraction of sp³-hybridized carbons (Fsp3) is 0.714. The summed E-state index contributed by atoms with van der Waals surface area (Å²) in [4.78, 5) is 10.6. The second-order valence-electron chi connectivity index (χ2n) is 4.97. The number of nitrogens with two attached hydrogens (primary N) is 1. The quantitative estimate of drug-likeness (QED) is 0.885. The highest BCUT2D eigenvalue weighted by Crippen LogP contribution is 2.30. The van der Waals surface area contributed by atoms with Crippen molar-refractivity contribution >= 4 is 11.5 Å². The van der Waals surface area contributed by atoms with Crippen molar-refractivity contribution in [3.05, 3.63) is 6.33 Å². The number of nitrogen functional groups attached to an aromatic ring is 1. The highest BCUT2D eigenvalue weighted by Gasteiger charge is 2.19. The van der Waals surface area contributed by atoms with Gasteiger partial charge in [0.2, 0.25) is 5.88 Å². The molecule has 1 saturated carbocycles. The maximum atomic E-state index is 6.16. The lowest BCUT2D eigenvalue weighted by molar-refractivity contribution is 0.149. The van der Waals surface area contributed by atoms with Gasteiger partial charge in [0.1, 0.15) is 18.1 Å². The molecule has 1 aliphatic carbocycles. The summed E-state index contributed by atoms with van der Waals surface area (Å²) in [6.45, 7) is 5.93. The van der Waals surface area contributed by atoms with Gasteiger partial charge in [-0.1, -0.05) is 6.42 Å². The standard InChI is InChI=1S/C14H24N4O/c1-3-18(4-2)13-12(15)14(17-10-16-13)19-11-8-6-5-7-9-11/h10-11H,3-9,15H2,1-2H3. The molecular weight excluding hydrogens is 240 g/mol. The van der Waals surface area contributed by atoms with Crippen molar-refractivity contribution in [2.75, 3.05) is 23.7 Å². The highest BCUT2D eigenvalue weighted by atomic mass is 16.5. The Morgan fingerprint density at radius 1 is 1.21 bits per heavy atom. The van der Waals surface area contributed by atoms with Crippen molar-refractivity contribution in [3.8, 4) is 5.88 Å². The normalized spacial score (nSPS) is 16.3. The van der Waals surface area contributed by atoms with E-state index >= 15 is 0 Å². The molecule has 1 aromatic rings. The summed E-state index contributed by atoms with van der Waals surface area (Å²) in [5.41, 5.74) is 6.73. The third-order valence-electron chi connectivity index (χ3n) is 3.72. The number of hydrogen-bond donors (Lipinski definition) is 1. The number of anilines is 2. The van der Waals surface area contributed by atoms with Gasteiger partial charge in [-0.05, 0) is 39.5 Å². The van der Waals surface area contributed by atoms with Crippen molar-refractivity contribution in [1.82, 2.24) is 9.97 Å². The summed E-state index contributed by atoms with van der Waals surface area (Å²) < 4.78 is 5.96. The topological polar surface area (TPSA) is 64.3 Å². The van der Waals surface area contributed by atoms with Crippen LogP contribution in [-0.2, 0) is 0 Å². The highest BCUT2D eigenvalue weighted by molar-refractivity contribution is 5.67. The van der Waals surface area contributed by atoms with E-state index in [0.717, 1.165) is 31.7 Å². The van der Waals surface area contributed by atoms with Crippen molar-refractivity contribution in [2.45, 2.75) is 52.1 Å². The van der Waals surface area contributed by atoms with E-state index in [2.05, 4.69) is 28.7 Å². The molecule has 2 rings (SSSR count). The molecule has 0 saturated heterocycles. The third-order valence-corrected chi connectivity index (χ3v) is 3.72.